The average molecular weight is 248 g/mol. The molecular weight excluding hydrogens is 239 g/mol. The fraction of sp³-hybridized carbons (Fsp3) is 0. The van der Waals surface area contributed by atoms with Crippen LogP contribution in [0, 0.1) is 5.82 Å². The van der Waals surface area contributed by atoms with E-state index in [1.54, 1.807) is 6.07 Å². The third kappa shape index (κ3) is 2.51. The molecule has 0 aliphatic heterocycles. The van der Waals surface area contributed by atoms with Gasteiger partial charge in [-0.1, -0.05) is 6.07 Å². The lowest BCUT2D eigenvalue weighted by atomic mass is 10.2. The van der Waals surface area contributed by atoms with E-state index in [-0.39, 0.29) is 17.2 Å². The van der Waals surface area contributed by atoms with Gasteiger partial charge in [0.15, 0.2) is 11.6 Å². The summed E-state index contributed by atoms with van der Waals surface area (Å²) < 4.78 is 13.0. The van der Waals surface area contributed by atoms with Crippen molar-refractivity contribution in [1.29, 1.82) is 0 Å². The van der Waals surface area contributed by atoms with Crippen molar-refractivity contribution in [3.8, 4) is 0 Å². The number of nitrogens with two attached hydrogens (primary N) is 1. The minimum absolute atomic E-state index is 0.163. The lowest BCUT2D eigenvalue weighted by Gasteiger charge is -2.06. The second-order valence-corrected chi connectivity index (χ2v) is 3.47. The predicted octanol–water partition coefficient (Wildman–Crippen LogP) is 1.64. The molecule has 0 unspecified atom stereocenters. The van der Waals surface area contributed by atoms with Crippen molar-refractivity contribution in [3.05, 3.63) is 41.7 Å². The maximum atomic E-state index is 13.0. The number of halogens is 1. The molecule has 0 saturated carbocycles. The van der Waals surface area contributed by atoms with E-state index >= 15 is 0 Å². The maximum Gasteiger partial charge on any atom is 0.339 e. The Kier molecular flexibility index (Phi) is 3.05. The number of nitrogens with one attached hydrogen (secondary N) is 1. The van der Waals surface area contributed by atoms with Crippen LogP contribution in [0.25, 0.3) is 0 Å². The van der Waals surface area contributed by atoms with E-state index in [1.165, 1.54) is 24.3 Å². The Labute approximate surface area is 101 Å². The zero-order chi connectivity index (χ0) is 13.1. The molecule has 0 amide bonds. The molecule has 0 spiro atoms. The topological polar surface area (TPSA) is 101 Å². The summed E-state index contributed by atoms with van der Waals surface area (Å²) in [6.45, 7) is 0. The van der Waals surface area contributed by atoms with E-state index in [0.29, 0.717) is 5.69 Å². The van der Waals surface area contributed by atoms with Crippen molar-refractivity contribution in [2.75, 3.05) is 11.1 Å². The van der Waals surface area contributed by atoms with Crippen LogP contribution < -0.4 is 11.1 Å². The molecule has 4 N–H and O–H groups in total. The molecule has 92 valence electrons. The van der Waals surface area contributed by atoms with E-state index < -0.39 is 11.8 Å². The Morgan fingerprint density at radius 2 is 2.11 bits per heavy atom. The number of nitrogens with zero attached hydrogens (tertiary/aromatic N) is 2. The highest BCUT2D eigenvalue weighted by Gasteiger charge is 2.11. The van der Waals surface area contributed by atoms with E-state index in [9.17, 15) is 9.18 Å². The maximum absolute atomic E-state index is 13.0. The summed E-state index contributed by atoms with van der Waals surface area (Å²) in [4.78, 5) is 10.8. The zero-order valence-corrected chi connectivity index (χ0v) is 9.09. The van der Waals surface area contributed by atoms with Gasteiger partial charge in [0.1, 0.15) is 11.4 Å². The number of carboxylic acids is 1. The van der Waals surface area contributed by atoms with Gasteiger partial charge in [-0.05, 0) is 18.2 Å². The predicted molar refractivity (Wildman–Crippen MR) is 63.1 cm³/mol. The number of aromatic carboxylic acids is 1. The molecule has 0 radical (unpaired) electrons. The zero-order valence-electron chi connectivity index (χ0n) is 9.09. The van der Waals surface area contributed by atoms with Gasteiger partial charge in [0.2, 0.25) is 0 Å². The van der Waals surface area contributed by atoms with Crippen LogP contribution >= 0.6 is 0 Å². The number of rotatable bonds is 3. The first-order chi connectivity index (χ1) is 8.56. The van der Waals surface area contributed by atoms with Crippen molar-refractivity contribution in [2.45, 2.75) is 0 Å². The molecular formula is C11H9FN4O2. The summed E-state index contributed by atoms with van der Waals surface area (Å²) in [5.41, 5.74) is 5.64. The molecule has 0 atom stereocenters. The van der Waals surface area contributed by atoms with Gasteiger partial charge in [-0.15, -0.1) is 10.2 Å². The summed E-state index contributed by atoms with van der Waals surface area (Å²) in [6, 6.07) is 6.90. The monoisotopic (exact) mass is 248 g/mol. The molecule has 0 bridgehead atoms. The molecule has 7 heteroatoms. The first-order valence-corrected chi connectivity index (χ1v) is 4.95. The van der Waals surface area contributed by atoms with Gasteiger partial charge in [-0.3, -0.25) is 0 Å². The molecule has 2 aromatic rings. The van der Waals surface area contributed by atoms with Gasteiger partial charge < -0.3 is 16.2 Å². The Balaban J connectivity index is 2.30. The van der Waals surface area contributed by atoms with Crippen molar-refractivity contribution in [1.82, 2.24) is 10.2 Å². The lowest BCUT2D eigenvalue weighted by Crippen LogP contribution is -2.07. The van der Waals surface area contributed by atoms with Crippen LogP contribution in [0.15, 0.2) is 30.3 Å². The van der Waals surface area contributed by atoms with Crippen molar-refractivity contribution in [2.24, 2.45) is 0 Å². The summed E-state index contributed by atoms with van der Waals surface area (Å²) in [5, 5.41) is 18.8. The molecule has 1 aromatic heterocycles. The second kappa shape index (κ2) is 4.66. The fourth-order valence-corrected chi connectivity index (χ4v) is 1.35. The highest BCUT2D eigenvalue weighted by Crippen LogP contribution is 2.17. The third-order valence-electron chi connectivity index (χ3n) is 2.15. The molecule has 6 nitrogen and oxygen atoms in total. The fourth-order valence-electron chi connectivity index (χ4n) is 1.35. The number of benzene rings is 1. The quantitative estimate of drug-likeness (QED) is 0.763. The molecule has 0 aliphatic rings. The summed E-state index contributed by atoms with van der Waals surface area (Å²) >= 11 is 0. The van der Waals surface area contributed by atoms with Crippen LogP contribution in [0.5, 0.6) is 0 Å². The van der Waals surface area contributed by atoms with E-state index in [2.05, 4.69) is 15.5 Å². The first-order valence-electron chi connectivity index (χ1n) is 4.95. The summed E-state index contributed by atoms with van der Waals surface area (Å²) in [7, 11) is 0. The Hall–Kier alpha value is -2.70. The molecule has 0 fully saturated rings. The standard InChI is InChI=1S/C11H9FN4O2/c12-6-2-1-3-7(4-6)14-9-5-8(11(17)18)10(13)16-15-9/h1-5H,(H2,13,16)(H,14,15)(H,17,18). The second-order valence-electron chi connectivity index (χ2n) is 3.47. The number of carbonyl (C=O) groups is 1. The smallest absolute Gasteiger partial charge is 0.339 e. The number of hydrogen-bond acceptors (Lipinski definition) is 5. The molecule has 0 aliphatic carbocycles. The van der Waals surface area contributed by atoms with Crippen molar-refractivity contribution < 1.29 is 14.3 Å². The Morgan fingerprint density at radius 3 is 2.78 bits per heavy atom. The van der Waals surface area contributed by atoms with Crippen molar-refractivity contribution >= 4 is 23.3 Å². The SMILES string of the molecule is Nc1nnc(Nc2cccc(F)c2)cc1C(=O)O. The van der Waals surface area contributed by atoms with E-state index in [0.717, 1.165) is 0 Å². The van der Waals surface area contributed by atoms with Crippen LogP contribution in [0.2, 0.25) is 0 Å². The number of carboxylic acid groups (broad SMARTS) is 1. The third-order valence-corrected chi connectivity index (χ3v) is 2.15. The molecule has 0 saturated heterocycles. The number of aromatic nitrogens is 2. The van der Waals surface area contributed by atoms with Crippen LogP contribution in [-0.4, -0.2) is 21.3 Å². The van der Waals surface area contributed by atoms with Crippen molar-refractivity contribution in [3.63, 3.8) is 0 Å². The Bertz CT molecular complexity index is 603. The lowest BCUT2D eigenvalue weighted by molar-refractivity contribution is 0.0697. The average Bonchev–Trinajstić information content (AvgIpc) is 2.31. The summed E-state index contributed by atoms with van der Waals surface area (Å²) in [5.74, 6) is -1.62. The van der Waals surface area contributed by atoms with Gasteiger partial charge in [-0.2, -0.15) is 0 Å². The summed E-state index contributed by atoms with van der Waals surface area (Å²) in [6.07, 6.45) is 0. The number of hydrogen-bond donors (Lipinski definition) is 3. The van der Waals surface area contributed by atoms with Crippen LogP contribution in [-0.2, 0) is 0 Å². The van der Waals surface area contributed by atoms with Gasteiger partial charge in [-0.25, -0.2) is 9.18 Å². The van der Waals surface area contributed by atoms with Gasteiger partial charge in [0, 0.05) is 11.8 Å². The first kappa shape index (κ1) is 11.8. The van der Waals surface area contributed by atoms with Gasteiger partial charge in [0.25, 0.3) is 0 Å². The molecule has 18 heavy (non-hydrogen) atoms. The van der Waals surface area contributed by atoms with Crippen LogP contribution in [0.4, 0.5) is 21.7 Å². The van der Waals surface area contributed by atoms with E-state index in [4.69, 9.17) is 10.8 Å². The molecule has 2 rings (SSSR count). The normalized spacial score (nSPS) is 10.1. The molecule has 1 aromatic carbocycles. The molecule has 1 heterocycles. The minimum atomic E-state index is -1.20. The number of nitrogen functional groups attached to an aromatic ring is 1. The minimum Gasteiger partial charge on any atom is -0.478 e. The largest absolute Gasteiger partial charge is 0.478 e. The number of anilines is 3. The highest BCUT2D eigenvalue weighted by molar-refractivity contribution is 5.93. The highest BCUT2D eigenvalue weighted by atomic mass is 19.1. The van der Waals surface area contributed by atoms with Gasteiger partial charge in [0.05, 0.1) is 0 Å². The van der Waals surface area contributed by atoms with Gasteiger partial charge >= 0.3 is 5.97 Å². The van der Waals surface area contributed by atoms with Crippen LogP contribution in [0.1, 0.15) is 10.4 Å². The van der Waals surface area contributed by atoms with Crippen LogP contribution in [0.3, 0.4) is 0 Å². The van der Waals surface area contributed by atoms with E-state index in [1.807, 2.05) is 0 Å². The Morgan fingerprint density at radius 1 is 1.33 bits per heavy atom.